The van der Waals surface area contributed by atoms with Crippen molar-refractivity contribution in [1.82, 2.24) is 30.1 Å². The lowest BCUT2D eigenvalue weighted by atomic mass is 10.4. The first-order chi connectivity index (χ1) is 10.1. The van der Waals surface area contributed by atoms with E-state index in [0.29, 0.717) is 0 Å². The molecule has 2 aromatic rings. The molecular weight excluding hydrogens is 316 g/mol. The van der Waals surface area contributed by atoms with Crippen LogP contribution in [0.2, 0.25) is 0 Å². The lowest BCUT2D eigenvalue weighted by Crippen LogP contribution is -2.20. The zero-order valence-electron chi connectivity index (χ0n) is 13.4. The van der Waals surface area contributed by atoms with Gasteiger partial charge in [-0.25, -0.2) is 9.67 Å². The first kappa shape index (κ1) is 21.0. The van der Waals surface area contributed by atoms with E-state index in [9.17, 15) is 0 Å². The van der Waals surface area contributed by atoms with Crippen molar-refractivity contribution in [2.24, 2.45) is 0 Å². The van der Waals surface area contributed by atoms with Crippen LogP contribution in [0.5, 0.6) is 0 Å². The summed E-state index contributed by atoms with van der Waals surface area (Å²) in [7, 11) is 4.08. The van der Waals surface area contributed by atoms with Gasteiger partial charge < -0.3 is 4.90 Å². The van der Waals surface area contributed by atoms with E-state index in [1.165, 1.54) is 10.7 Å². The fourth-order valence-corrected chi connectivity index (χ4v) is 2.66. The van der Waals surface area contributed by atoms with Crippen LogP contribution in [-0.2, 0) is 18.7 Å². The summed E-state index contributed by atoms with van der Waals surface area (Å²) in [6.07, 6.45) is 3.11. The normalized spacial score (nSPS) is 10.1. The van der Waals surface area contributed by atoms with Gasteiger partial charge in [0.1, 0.15) is 0 Å². The first-order valence-corrected chi connectivity index (χ1v) is 9.13. The highest BCUT2D eigenvalue weighted by molar-refractivity contribution is 7.97. The fraction of sp³-hybridized carbons (Fsp3) is 0.714. The Balaban J connectivity index is 0.000000423. The van der Waals surface area contributed by atoms with Gasteiger partial charge in [-0.1, -0.05) is 14.4 Å². The minimum absolute atomic E-state index is 0. The van der Waals surface area contributed by atoms with Crippen LogP contribution in [0, 0.1) is 6.92 Å². The molecule has 0 aliphatic heterocycles. The predicted octanol–water partition coefficient (Wildman–Crippen LogP) is 2.75. The van der Waals surface area contributed by atoms with Gasteiger partial charge in [-0.15, -0.1) is 16.4 Å². The predicted molar refractivity (Wildman–Crippen MR) is 96.6 cm³/mol. The summed E-state index contributed by atoms with van der Waals surface area (Å²) in [6.45, 7) is 5.97. The summed E-state index contributed by atoms with van der Waals surface area (Å²) in [5.74, 6) is 1.83. The topological polar surface area (TPSA) is 59.7 Å². The van der Waals surface area contributed by atoms with Gasteiger partial charge in [0, 0.05) is 11.9 Å². The molecule has 0 unspecified atom stereocenters. The molecule has 2 rings (SSSR count). The molecule has 6 nitrogen and oxygen atoms in total. The van der Waals surface area contributed by atoms with Crippen LogP contribution in [0.25, 0.3) is 0 Å². The van der Waals surface area contributed by atoms with Crippen LogP contribution in [0.3, 0.4) is 0 Å². The maximum absolute atomic E-state index is 4.25. The lowest BCUT2D eigenvalue weighted by molar-refractivity contribution is 0.368. The molecule has 0 aromatic carbocycles. The molecule has 0 saturated carbocycles. The minimum Gasteiger partial charge on any atom is -0.308 e. The van der Waals surface area contributed by atoms with Gasteiger partial charge >= 0.3 is 0 Å². The summed E-state index contributed by atoms with van der Waals surface area (Å²) < 4.78 is 1.86. The largest absolute Gasteiger partial charge is 0.308 e. The van der Waals surface area contributed by atoms with E-state index < -0.39 is 0 Å². The van der Waals surface area contributed by atoms with Crippen LogP contribution in [0.15, 0.2) is 5.38 Å². The number of hydrogen-bond acceptors (Lipinski definition) is 7. The van der Waals surface area contributed by atoms with Crippen molar-refractivity contribution >= 4 is 23.1 Å². The second-order valence-electron chi connectivity index (χ2n) is 4.77. The second kappa shape index (κ2) is 11.6. The molecule has 0 fully saturated rings. The van der Waals surface area contributed by atoms with E-state index in [1.807, 2.05) is 32.0 Å². The molecule has 0 spiro atoms. The molecule has 0 aliphatic carbocycles. The highest BCUT2D eigenvalue weighted by Gasteiger charge is 2.04. The maximum Gasteiger partial charge on any atom is 0.161 e. The standard InChI is InChI=1S/C7H15N5S.C6H9NS.CH4/c1-11(2)4-5-12-7(6-13-3)8-9-10-12;1-3-6-4-8-5(2)7-6;/h4-6H2,1-3H3;4H,3H2,1-2H3;1H4. The van der Waals surface area contributed by atoms with Crippen molar-refractivity contribution in [3.63, 3.8) is 0 Å². The SMILES string of the molecule is C.CCc1csc(C)n1.CSCc1nnnn1CCN(C)C. The Hall–Kier alpha value is -0.990. The lowest BCUT2D eigenvalue weighted by Gasteiger charge is -2.09. The van der Waals surface area contributed by atoms with Crippen molar-refractivity contribution in [3.8, 4) is 0 Å². The third-order valence-electron chi connectivity index (χ3n) is 2.67. The van der Waals surface area contributed by atoms with E-state index in [0.717, 1.165) is 31.1 Å². The van der Waals surface area contributed by atoms with Crippen molar-refractivity contribution in [2.45, 2.75) is 40.0 Å². The molecule has 2 heterocycles. The zero-order chi connectivity index (χ0) is 15.7. The molecule has 0 saturated heterocycles. The highest BCUT2D eigenvalue weighted by Crippen LogP contribution is 2.07. The highest BCUT2D eigenvalue weighted by atomic mass is 32.2. The molecule has 0 N–H and O–H groups in total. The molecule has 0 bridgehead atoms. The van der Waals surface area contributed by atoms with Crippen LogP contribution >= 0.6 is 23.1 Å². The Morgan fingerprint density at radius 1 is 1.36 bits per heavy atom. The van der Waals surface area contributed by atoms with Crippen LogP contribution < -0.4 is 0 Å². The maximum atomic E-state index is 4.25. The number of thiazole rings is 1. The van der Waals surface area contributed by atoms with E-state index >= 15 is 0 Å². The van der Waals surface area contributed by atoms with Crippen LogP contribution in [0.1, 0.15) is 30.9 Å². The number of tetrazole rings is 1. The van der Waals surface area contributed by atoms with Gasteiger partial charge in [0.2, 0.25) is 0 Å². The molecule has 0 atom stereocenters. The molecule has 8 heteroatoms. The third kappa shape index (κ3) is 7.86. The molecule has 0 radical (unpaired) electrons. The van der Waals surface area contributed by atoms with Gasteiger partial charge in [-0.3, -0.25) is 0 Å². The minimum atomic E-state index is 0. The monoisotopic (exact) mass is 344 g/mol. The number of thioether (sulfide) groups is 1. The van der Waals surface area contributed by atoms with Gasteiger partial charge in [0.05, 0.1) is 23.0 Å². The summed E-state index contributed by atoms with van der Waals surface area (Å²) >= 11 is 3.45. The van der Waals surface area contributed by atoms with Gasteiger partial charge in [0.25, 0.3) is 0 Å². The molecular formula is C14H28N6S2. The molecule has 0 aliphatic rings. The summed E-state index contributed by atoms with van der Waals surface area (Å²) in [5.41, 5.74) is 1.22. The second-order valence-corrected chi connectivity index (χ2v) is 6.69. The molecule has 22 heavy (non-hydrogen) atoms. The Bertz CT molecular complexity index is 509. The van der Waals surface area contributed by atoms with Gasteiger partial charge in [0.15, 0.2) is 5.82 Å². The summed E-state index contributed by atoms with van der Waals surface area (Å²) in [5, 5.41) is 14.8. The zero-order valence-corrected chi connectivity index (χ0v) is 15.0. The Labute approximate surface area is 142 Å². The Morgan fingerprint density at radius 2 is 2.09 bits per heavy atom. The Morgan fingerprint density at radius 3 is 2.55 bits per heavy atom. The molecule has 126 valence electrons. The number of aromatic nitrogens is 5. The quantitative estimate of drug-likeness (QED) is 0.803. The summed E-state index contributed by atoms with van der Waals surface area (Å²) in [4.78, 5) is 6.36. The molecule has 2 aromatic heterocycles. The number of likely N-dealkylation sites (N-methyl/N-ethyl adjacent to an activating group) is 1. The van der Waals surface area contributed by atoms with E-state index in [-0.39, 0.29) is 7.43 Å². The molecule has 0 amide bonds. The number of hydrogen-bond donors (Lipinski definition) is 0. The van der Waals surface area contributed by atoms with E-state index in [1.54, 1.807) is 23.1 Å². The van der Waals surface area contributed by atoms with Gasteiger partial charge in [-0.05, 0) is 44.1 Å². The van der Waals surface area contributed by atoms with Crippen LogP contribution in [-0.4, -0.2) is 57.0 Å². The number of aryl methyl sites for hydroxylation is 2. The summed E-state index contributed by atoms with van der Waals surface area (Å²) in [6, 6.07) is 0. The fourth-order valence-electron chi connectivity index (χ4n) is 1.49. The Kier molecular flexibility index (Phi) is 11.0. The van der Waals surface area contributed by atoms with Gasteiger partial charge in [-0.2, -0.15) is 11.8 Å². The van der Waals surface area contributed by atoms with E-state index in [4.69, 9.17) is 0 Å². The average molecular weight is 345 g/mol. The third-order valence-corrected chi connectivity index (χ3v) is 4.04. The van der Waals surface area contributed by atoms with Crippen molar-refractivity contribution in [1.29, 1.82) is 0 Å². The van der Waals surface area contributed by atoms with Crippen molar-refractivity contribution in [2.75, 3.05) is 26.9 Å². The van der Waals surface area contributed by atoms with Crippen LogP contribution in [0.4, 0.5) is 0 Å². The average Bonchev–Trinajstić information content (AvgIpc) is 3.06. The van der Waals surface area contributed by atoms with E-state index in [2.05, 4.69) is 37.7 Å². The first-order valence-electron chi connectivity index (χ1n) is 6.86. The number of rotatable bonds is 6. The van der Waals surface area contributed by atoms with Crippen molar-refractivity contribution < 1.29 is 0 Å². The smallest absolute Gasteiger partial charge is 0.161 e. The van der Waals surface area contributed by atoms with Crippen molar-refractivity contribution in [3.05, 3.63) is 21.9 Å². The number of nitrogens with zero attached hydrogens (tertiary/aromatic N) is 6.